The smallest absolute Gasteiger partial charge is 0.0365 e. The van der Waals surface area contributed by atoms with Crippen LogP contribution in [-0.4, -0.2) is 31.7 Å². The van der Waals surface area contributed by atoms with Crippen molar-refractivity contribution in [2.75, 3.05) is 20.6 Å². The van der Waals surface area contributed by atoms with Crippen molar-refractivity contribution in [2.45, 2.75) is 38.1 Å². The summed E-state index contributed by atoms with van der Waals surface area (Å²) < 4.78 is 0. The van der Waals surface area contributed by atoms with E-state index in [4.69, 9.17) is 5.73 Å². The Kier molecular flexibility index (Phi) is 4.70. The zero-order valence-corrected chi connectivity index (χ0v) is 8.92. The molecule has 3 heteroatoms. The Balaban J connectivity index is 2.34. The first kappa shape index (κ1) is 11.0. The van der Waals surface area contributed by atoms with Crippen molar-refractivity contribution in [1.82, 2.24) is 10.4 Å². The van der Waals surface area contributed by atoms with Crippen LogP contribution in [0.15, 0.2) is 0 Å². The normalized spacial score (nSPS) is 22.2. The summed E-state index contributed by atoms with van der Waals surface area (Å²) in [4.78, 5) is 0. The molecule has 1 aliphatic rings. The molecule has 78 valence electrons. The molecule has 0 amide bonds. The third kappa shape index (κ3) is 3.63. The van der Waals surface area contributed by atoms with E-state index in [2.05, 4.69) is 5.43 Å². The van der Waals surface area contributed by atoms with Gasteiger partial charge in [0, 0.05) is 26.7 Å². The molecule has 0 aromatic carbocycles. The fraction of sp³-hybridized carbons (Fsp3) is 1.00. The molecule has 0 aromatic rings. The lowest BCUT2D eigenvalue weighted by Gasteiger charge is -2.32. The van der Waals surface area contributed by atoms with Gasteiger partial charge in [0.1, 0.15) is 0 Å². The van der Waals surface area contributed by atoms with Crippen molar-refractivity contribution in [2.24, 2.45) is 11.7 Å². The molecule has 1 aliphatic carbocycles. The SMILES string of the molecule is CN(C)NC(CN)C1CCCCC1. The van der Waals surface area contributed by atoms with Crippen LogP contribution in [0.25, 0.3) is 0 Å². The Morgan fingerprint density at radius 1 is 1.31 bits per heavy atom. The fourth-order valence-electron chi connectivity index (χ4n) is 2.22. The lowest BCUT2D eigenvalue weighted by Crippen LogP contribution is -2.48. The summed E-state index contributed by atoms with van der Waals surface area (Å²) in [6, 6.07) is 0.482. The largest absolute Gasteiger partial charge is 0.329 e. The summed E-state index contributed by atoms with van der Waals surface area (Å²) in [6.45, 7) is 0.753. The zero-order chi connectivity index (χ0) is 9.68. The van der Waals surface area contributed by atoms with Crippen LogP contribution in [0.3, 0.4) is 0 Å². The van der Waals surface area contributed by atoms with Crippen molar-refractivity contribution >= 4 is 0 Å². The minimum atomic E-state index is 0.482. The van der Waals surface area contributed by atoms with Gasteiger partial charge in [0.15, 0.2) is 0 Å². The third-order valence-electron chi connectivity index (χ3n) is 2.90. The highest BCUT2D eigenvalue weighted by atomic mass is 15.5. The van der Waals surface area contributed by atoms with Gasteiger partial charge in [0.05, 0.1) is 0 Å². The molecule has 13 heavy (non-hydrogen) atoms. The second kappa shape index (κ2) is 5.58. The van der Waals surface area contributed by atoms with E-state index in [1.165, 1.54) is 32.1 Å². The second-order valence-corrected chi connectivity index (χ2v) is 4.26. The number of nitrogens with two attached hydrogens (primary N) is 1. The molecule has 1 unspecified atom stereocenters. The molecule has 0 radical (unpaired) electrons. The monoisotopic (exact) mass is 185 g/mol. The van der Waals surface area contributed by atoms with E-state index in [1.54, 1.807) is 0 Å². The third-order valence-corrected chi connectivity index (χ3v) is 2.90. The van der Waals surface area contributed by atoms with E-state index >= 15 is 0 Å². The van der Waals surface area contributed by atoms with Gasteiger partial charge in [-0.25, -0.2) is 0 Å². The Morgan fingerprint density at radius 3 is 2.38 bits per heavy atom. The Morgan fingerprint density at radius 2 is 1.92 bits per heavy atom. The van der Waals surface area contributed by atoms with Crippen LogP contribution >= 0.6 is 0 Å². The first-order chi connectivity index (χ1) is 6.24. The first-order valence-electron chi connectivity index (χ1n) is 5.37. The molecule has 0 heterocycles. The van der Waals surface area contributed by atoms with Crippen molar-refractivity contribution in [3.63, 3.8) is 0 Å². The number of rotatable bonds is 4. The van der Waals surface area contributed by atoms with Crippen LogP contribution in [0.4, 0.5) is 0 Å². The zero-order valence-electron chi connectivity index (χ0n) is 8.92. The molecule has 1 rings (SSSR count). The molecular weight excluding hydrogens is 162 g/mol. The summed E-state index contributed by atoms with van der Waals surface area (Å²) in [5.74, 6) is 0.793. The maximum absolute atomic E-state index is 5.76. The highest BCUT2D eigenvalue weighted by Gasteiger charge is 2.22. The summed E-state index contributed by atoms with van der Waals surface area (Å²) in [5.41, 5.74) is 9.17. The fourth-order valence-corrected chi connectivity index (χ4v) is 2.22. The average molecular weight is 185 g/mol. The maximum atomic E-state index is 5.76. The predicted octanol–water partition coefficient (Wildman–Crippen LogP) is 0.960. The lowest BCUT2D eigenvalue weighted by atomic mass is 9.84. The van der Waals surface area contributed by atoms with Crippen LogP contribution in [0.2, 0.25) is 0 Å². The molecular formula is C10H23N3. The van der Waals surface area contributed by atoms with Gasteiger partial charge in [-0.3, -0.25) is 10.4 Å². The second-order valence-electron chi connectivity index (χ2n) is 4.26. The Hall–Kier alpha value is -0.120. The highest BCUT2D eigenvalue weighted by molar-refractivity contribution is 4.78. The van der Waals surface area contributed by atoms with Gasteiger partial charge in [0.2, 0.25) is 0 Å². The first-order valence-corrected chi connectivity index (χ1v) is 5.37. The Bertz CT molecular complexity index is 130. The Labute approximate surface area is 81.6 Å². The molecule has 3 N–H and O–H groups in total. The minimum absolute atomic E-state index is 0.482. The van der Waals surface area contributed by atoms with E-state index in [0.29, 0.717) is 6.04 Å². The topological polar surface area (TPSA) is 41.3 Å². The molecule has 3 nitrogen and oxygen atoms in total. The van der Waals surface area contributed by atoms with Gasteiger partial charge >= 0.3 is 0 Å². The molecule has 0 bridgehead atoms. The van der Waals surface area contributed by atoms with E-state index in [9.17, 15) is 0 Å². The van der Waals surface area contributed by atoms with Gasteiger partial charge in [-0.05, 0) is 18.8 Å². The number of hydrogen-bond donors (Lipinski definition) is 2. The van der Waals surface area contributed by atoms with Crippen LogP contribution in [0, 0.1) is 5.92 Å². The number of nitrogens with one attached hydrogen (secondary N) is 1. The molecule has 0 saturated heterocycles. The molecule has 1 saturated carbocycles. The van der Waals surface area contributed by atoms with Gasteiger partial charge < -0.3 is 5.73 Å². The van der Waals surface area contributed by atoms with E-state index < -0.39 is 0 Å². The molecule has 0 aliphatic heterocycles. The summed E-state index contributed by atoms with van der Waals surface area (Å²) in [7, 11) is 4.07. The van der Waals surface area contributed by atoms with Crippen LogP contribution < -0.4 is 11.2 Å². The van der Waals surface area contributed by atoms with Crippen molar-refractivity contribution in [3.8, 4) is 0 Å². The van der Waals surface area contributed by atoms with E-state index in [0.717, 1.165) is 12.5 Å². The van der Waals surface area contributed by atoms with E-state index in [1.807, 2.05) is 19.1 Å². The molecule has 0 spiro atoms. The molecule has 0 aromatic heterocycles. The number of nitrogens with zero attached hydrogens (tertiary/aromatic N) is 1. The minimum Gasteiger partial charge on any atom is -0.329 e. The van der Waals surface area contributed by atoms with Crippen LogP contribution in [0.5, 0.6) is 0 Å². The average Bonchev–Trinajstić information content (AvgIpc) is 2.15. The number of hydrazine groups is 1. The number of hydrogen-bond acceptors (Lipinski definition) is 3. The van der Waals surface area contributed by atoms with Gasteiger partial charge in [0.25, 0.3) is 0 Å². The molecule has 1 atom stereocenters. The maximum Gasteiger partial charge on any atom is 0.0365 e. The highest BCUT2D eigenvalue weighted by Crippen LogP contribution is 2.26. The predicted molar refractivity (Wildman–Crippen MR) is 56.2 cm³/mol. The van der Waals surface area contributed by atoms with Crippen molar-refractivity contribution in [3.05, 3.63) is 0 Å². The summed E-state index contributed by atoms with van der Waals surface area (Å²) in [5, 5.41) is 2.02. The van der Waals surface area contributed by atoms with Crippen molar-refractivity contribution < 1.29 is 0 Å². The lowest BCUT2D eigenvalue weighted by molar-refractivity contribution is 0.172. The van der Waals surface area contributed by atoms with Gasteiger partial charge in [-0.15, -0.1) is 0 Å². The molecule has 1 fully saturated rings. The van der Waals surface area contributed by atoms with Crippen LogP contribution in [0.1, 0.15) is 32.1 Å². The van der Waals surface area contributed by atoms with Gasteiger partial charge in [-0.2, -0.15) is 0 Å². The summed E-state index contributed by atoms with van der Waals surface area (Å²) >= 11 is 0. The van der Waals surface area contributed by atoms with Gasteiger partial charge in [-0.1, -0.05) is 19.3 Å². The summed E-state index contributed by atoms with van der Waals surface area (Å²) in [6.07, 6.45) is 6.88. The van der Waals surface area contributed by atoms with Crippen LogP contribution in [-0.2, 0) is 0 Å². The van der Waals surface area contributed by atoms with E-state index in [-0.39, 0.29) is 0 Å². The van der Waals surface area contributed by atoms with Crippen molar-refractivity contribution in [1.29, 1.82) is 0 Å². The quantitative estimate of drug-likeness (QED) is 0.641. The standard InChI is InChI=1S/C10H23N3/c1-13(2)12-10(8-11)9-6-4-3-5-7-9/h9-10,12H,3-8,11H2,1-2H3.